The van der Waals surface area contributed by atoms with Gasteiger partial charge in [0.2, 0.25) is 0 Å². The molecule has 1 aliphatic heterocycles. The van der Waals surface area contributed by atoms with Crippen LogP contribution in [0.15, 0.2) is 18.2 Å². The molecule has 1 aromatic rings. The van der Waals surface area contributed by atoms with Crippen LogP contribution in [0.4, 0.5) is 0 Å². The summed E-state index contributed by atoms with van der Waals surface area (Å²) in [6.07, 6.45) is 1.37. The quantitative estimate of drug-likeness (QED) is 0.859. The molecule has 1 N–H and O–H groups in total. The summed E-state index contributed by atoms with van der Waals surface area (Å²) in [5, 5.41) is 9.06. The maximum absolute atomic E-state index is 11.0. The summed E-state index contributed by atoms with van der Waals surface area (Å²) in [4.78, 5) is 11.0. The highest BCUT2D eigenvalue weighted by Gasteiger charge is 2.52. The van der Waals surface area contributed by atoms with Crippen molar-refractivity contribution in [3.63, 3.8) is 0 Å². The Balaban J connectivity index is 1.85. The van der Waals surface area contributed by atoms with Gasteiger partial charge in [-0.05, 0) is 58.1 Å². The van der Waals surface area contributed by atoms with Crippen LogP contribution in [0.1, 0.15) is 52.0 Å². The van der Waals surface area contributed by atoms with Gasteiger partial charge in [0.1, 0.15) is 5.75 Å². The van der Waals surface area contributed by atoms with E-state index in [-0.39, 0.29) is 11.8 Å². The maximum atomic E-state index is 11.0. The Hall–Kier alpha value is -1.53. The fraction of sp³-hybridized carbons (Fsp3) is 0.611. The van der Waals surface area contributed by atoms with E-state index in [1.807, 2.05) is 45.9 Å². The lowest BCUT2D eigenvalue weighted by Gasteiger charge is -2.33. The highest BCUT2D eigenvalue weighted by Crippen LogP contribution is 2.42. The van der Waals surface area contributed by atoms with Crippen molar-refractivity contribution in [3.05, 3.63) is 23.8 Å². The zero-order valence-electron chi connectivity index (χ0n) is 15.0. The van der Waals surface area contributed by atoms with E-state index < -0.39 is 24.3 Å². The topological polar surface area (TPSA) is 65.0 Å². The maximum Gasteiger partial charge on any atom is 0.498 e. The molecule has 3 rings (SSSR count). The van der Waals surface area contributed by atoms with E-state index in [1.54, 1.807) is 7.11 Å². The normalized spacial score (nSPS) is 27.6. The molecule has 6 heteroatoms. The van der Waals surface area contributed by atoms with Crippen molar-refractivity contribution in [3.8, 4) is 5.75 Å². The van der Waals surface area contributed by atoms with Gasteiger partial charge < -0.3 is 19.2 Å². The first kappa shape index (κ1) is 17.3. The van der Waals surface area contributed by atoms with Crippen LogP contribution in [-0.4, -0.2) is 36.5 Å². The average Bonchev–Trinajstić information content (AvgIpc) is 2.65. The number of carbonyl (C=O) groups is 1. The van der Waals surface area contributed by atoms with Gasteiger partial charge in [-0.2, -0.15) is 0 Å². The monoisotopic (exact) mass is 332 g/mol. The third-order valence-electron chi connectivity index (χ3n) is 5.72. The number of rotatable bonds is 4. The molecule has 1 aliphatic carbocycles. The van der Waals surface area contributed by atoms with E-state index in [2.05, 4.69) is 0 Å². The van der Waals surface area contributed by atoms with Gasteiger partial charge in [-0.3, -0.25) is 4.79 Å². The number of hydrogen-bond acceptors (Lipinski definition) is 4. The molecule has 0 radical (unpaired) electrons. The molecule has 1 saturated carbocycles. The van der Waals surface area contributed by atoms with Crippen LogP contribution in [0, 0.1) is 5.92 Å². The van der Waals surface area contributed by atoms with Gasteiger partial charge >= 0.3 is 13.1 Å². The van der Waals surface area contributed by atoms with E-state index in [0.717, 1.165) is 16.8 Å². The van der Waals surface area contributed by atoms with Crippen molar-refractivity contribution in [1.82, 2.24) is 0 Å². The predicted octanol–water partition coefficient (Wildman–Crippen LogP) is 2.57. The first-order valence-electron chi connectivity index (χ1n) is 8.41. The van der Waals surface area contributed by atoms with E-state index in [1.165, 1.54) is 0 Å². The third kappa shape index (κ3) is 2.82. The second-order valence-electron chi connectivity index (χ2n) is 7.79. The van der Waals surface area contributed by atoms with Crippen molar-refractivity contribution in [1.29, 1.82) is 0 Å². The third-order valence-corrected chi connectivity index (χ3v) is 5.72. The summed E-state index contributed by atoms with van der Waals surface area (Å²) < 4.78 is 17.8. The molecule has 0 amide bonds. The highest BCUT2D eigenvalue weighted by atomic mass is 16.7. The van der Waals surface area contributed by atoms with Gasteiger partial charge in [0, 0.05) is 5.46 Å². The van der Waals surface area contributed by atoms with Crippen LogP contribution in [0.3, 0.4) is 0 Å². The largest absolute Gasteiger partial charge is 0.498 e. The molecule has 0 aromatic heterocycles. The molecule has 24 heavy (non-hydrogen) atoms. The molecule has 0 atom stereocenters. The van der Waals surface area contributed by atoms with Crippen LogP contribution < -0.4 is 10.2 Å². The molecule has 0 bridgehead atoms. The first-order valence-corrected chi connectivity index (χ1v) is 8.41. The van der Waals surface area contributed by atoms with Gasteiger partial charge in [-0.1, -0.05) is 12.1 Å². The Labute approximate surface area is 143 Å². The molecular formula is C18H25BO5. The minimum atomic E-state index is -0.703. The molecule has 130 valence electrons. The van der Waals surface area contributed by atoms with E-state index in [0.29, 0.717) is 12.8 Å². The van der Waals surface area contributed by atoms with Crippen molar-refractivity contribution < 1.29 is 23.9 Å². The van der Waals surface area contributed by atoms with Gasteiger partial charge in [0.05, 0.1) is 24.2 Å². The highest BCUT2D eigenvalue weighted by molar-refractivity contribution is 6.63. The predicted molar refractivity (Wildman–Crippen MR) is 91.8 cm³/mol. The van der Waals surface area contributed by atoms with Crippen LogP contribution >= 0.6 is 0 Å². The lowest BCUT2D eigenvalue weighted by Crippen LogP contribution is -2.41. The Bertz CT molecular complexity index is 633. The lowest BCUT2D eigenvalue weighted by molar-refractivity contribution is -0.145. The summed E-state index contributed by atoms with van der Waals surface area (Å²) in [6, 6.07) is 5.98. The van der Waals surface area contributed by atoms with E-state index >= 15 is 0 Å². The second kappa shape index (κ2) is 5.78. The summed E-state index contributed by atoms with van der Waals surface area (Å²) >= 11 is 0. The summed E-state index contributed by atoms with van der Waals surface area (Å²) in [6.45, 7) is 8.08. The van der Waals surface area contributed by atoms with Gasteiger partial charge in [-0.15, -0.1) is 0 Å². The standard InChI is InChI=1S/C18H25BO5/c1-17(2)18(3,4)24-19(23-17)14-10-11(6-7-15(14)22-5)12-8-13(9-12)16(20)21/h6-7,10,12-13H,8-9H2,1-5H3,(H,20,21). The Morgan fingerprint density at radius 2 is 1.79 bits per heavy atom. The number of hydrogen-bond donors (Lipinski definition) is 1. The summed E-state index contributed by atoms with van der Waals surface area (Å²) in [5.74, 6) is 0.0767. The zero-order valence-corrected chi connectivity index (χ0v) is 15.0. The molecular weight excluding hydrogens is 307 g/mol. The molecule has 2 fully saturated rings. The van der Waals surface area contributed by atoms with Crippen molar-refractivity contribution in [2.45, 2.75) is 57.7 Å². The molecule has 0 spiro atoms. The number of methoxy groups -OCH3 is 1. The van der Waals surface area contributed by atoms with Crippen LogP contribution in [0.2, 0.25) is 0 Å². The molecule has 5 nitrogen and oxygen atoms in total. The molecule has 1 saturated heterocycles. The number of aliphatic carboxylic acids is 1. The number of ether oxygens (including phenoxy) is 1. The molecule has 2 aliphatic rings. The van der Waals surface area contributed by atoms with E-state index in [4.69, 9.17) is 19.2 Å². The average molecular weight is 332 g/mol. The minimum Gasteiger partial charge on any atom is -0.497 e. The SMILES string of the molecule is COc1ccc(C2CC(C(=O)O)C2)cc1B1OC(C)(C)C(C)(C)O1. The fourth-order valence-corrected chi connectivity index (χ4v) is 3.25. The smallest absolute Gasteiger partial charge is 0.497 e. The first-order chi connectivity index (χ1) is 11.1. The summed E-state index contributed by atoms with van der Waals surface area (Å²) in [5.41, 5.74) is 1.16. The van der Waals surface area contributed by atoms with Gasteiger partial charge in [0.15, 0.2) is 0 Å². The van der Waals surface area contributed by atoms with Gasteiger partial charge in [-0.25, -0.2) is 0 Å². The Morgan fingerprint density at radius 1 is 1.21 bits per heavy atom. The number of carboxylic acids is 1. The van der Waals surface area contributed by atoms with Crippen molar-refractivity contribution in [2.75, 3.05) is 7.11 Å². The summed E-state index contributed by atoms with van der Waals surface area (Å²) in [7, 11) is 1.15. The van der Waals surface area contributed by atoms with Crippen LogP contribution in [-0.2, 0) is 14.1 Å². The lowest BCUT2D eigenvalue weighted by atomic mass is 9.69. The zero-order chi connectivity index (χ0) is 17.7. The number of carboxylic acid groups (broad SMARTS) is 1. The molecule has 0 unspecified atom stereocenters. The molecule has 1 heterocycles. The Kier molecular flexibility index (Phi) is 4.17. The van der Waals surface area contributed by atoms with Gasteiger partial charge in [0.25, 0.3) is 0 Å². The number of benzene rings is 1. The van der Waals surface area contributed by atoms with Crippen molar-refractivity contribution >= 4 is 18.6 Å². The van der Waals surface area contributed by atoms with E-state index in [9.17, 15) is 4.79 Å². The fourth-order valence-electron chi connectivity index (χ4n) is 3.25. The minimum absolute atomic E-state index is 0.225. The van der Waals surface area contributed by atoms with Crippen LogP contribution in [0.5, 0.6) is 5.75 Å². The van der Waals surface area contributed by atoms with Crippen LogP contribution in [0.25, 0.3) is 0 Å². The second-order valence-corrected chi connectivity index (χ2v) is 7.79. The molecule has 1 aromatic carbocycles. The van der Waals surface area contributed by atoms with Crippen molar-refractivity contribution in [2.24, 2.45) is 5.92 Å². The Morgan fingerprint density at radius 3 is 2.29 bits per heavy atom.